The molecule has 96 valence electrons. The zero-order chi connectivity index (χ0) is 13.7. The Morgan fingerprint density at radius 3 is 2.72 bits per heavy atom. The number of anilines is 1. The summed E-state index contributed by atoms with van der Waals surface area (Å²) in [5.41, 5.74) is 7.76. The van der Waals surface area contributed by atoms with Gasteiger partial charge in [-0.15, -0.1) is 6.42 Å². The van der Waals surface area contributed by atoms with Gasteiger partial charge in [0.25, 0.3) is 0 Å². The number of hydrogen-bond donors (Lipinski definition) is 1. The van der Waals surface area contributed by atoms with Gasteiger partial charge in [0.1, 0.15) is 5.78 Å². The predicted molar refractivity (Wildman–Crippen MR) is 76.6 cm³/mol. The molecule has 0 heterocycles. The molecule has 2 N–H and O–H groups in total. The van der Waals surface area contributed by atoms with Gasteiger partial charge in [-0.1, -0.05) is 30.9 Å². The molecule has 3 heteroatoms. The normalized spacial score (nSPS) is 11.9. The Kier molecular flexibility index (Phi) is 5.25. The second-order valence-electron chi connectivity index (χ2n) is 4.48. The minimum absolute atomic E-state index is 0.0281. The molecule has 0 radical (unpaired) electrons. The Bertz CT molecular complexity index is 488. The van der Waals surface area contributed by atoms with Crippen LogP contribution in [0.2, 0.25) is 5.02 Å². The Balaban J connectivity index is 3.00. The third-order valence-electron chi connectivity index (χ3n) is 3.04. The lowest BCUT2D eigenvalue weighted by Gasteiger charge is -2.14. The van der Waals surface area contributed by atoms with Crippen molar-refractivity contribution in [1.29, 1.82) is 0 Å². The van der Waals surface area contributed by atoms with Crippen molar-refractivity contribution in [3.05, 3.63) is 28.3 Å². The van der Waals surface area contributed by atoms with E-state index in [9.17, 15) is 4.79 Å². The van der Waals surface area contributed by atoms with Gasteiger partial charge in [-0.3, -0.25) is 4.79 Å². The first-order valence-electron chi connectivity index (χ1n) is 6.04. The van der Waals surface area contributed by atoms with Crippen LogP contribution in [0.1, 0.15) is 37.8 Å². The Morgan fingerprint density at radius 2 is 2.22 bits per heavy atom. The van der Waals surface area contributed by atoms with E-state index in [1.165, 1.54) is 0 Å². The highest BCUT2D eigenvalue weighted by atomic mass is 35.5. The molecule has 0 amide bonds. The smallest absolute Gasteiger partial charge is 0.133 e. The van der Waals surface area contributed by atoms with Gasteiger partial charge in [0, 0.05) is 11.5 Å². The number of carbonyl (C=O) groups excluding carboxylic acids is 1. The number of halogens is 1. The predicted octanol–water partition coefficient (Wildman–Crippen LogP) is 3.45. The maximum absolute atomic E-state index is 11.5. The molecule has 0 unspecified atom stereocenters. The second kappa shape index (κ2) is 6.47. The van der Waals surface area contributed by atoms with Crippen LogP contribution >= 0.6 is 11.6 Å². The molecule has 1 aromatic rings. The van der Waals surface area contributed by atoms with E-state index in [-0.39, 0.29) is 11.7 Å². The van der Waals surface area contributed by atoms with Crippen molar-refractivity contribution in [2.75, 3.05) is 5.73 Å². The van der Waals surface area contributed by atoms with E-state index < -0.39 is 0 Å². The van der Waals surface area contributed by atoms with Gasteiger partial charge in [0.2, 0.25) is 0 Å². The minimum atomic E-state index is 0.0281. The maximum Gasteiger partial charge on any atom is 0.133 e. The van der Waals surface area contributed by atoms with Crippen molar-refractivity contribution in [1.82, 2.24) is 0 Å². The molecular formula is C15H18ClNO. The quantitative estimate of drug-likeness (QED) is 0.653. The minimum Gasteiger partial charge on any atom is -0.397 e. The van der Waals surface area contributed by atoms with E-state index in [1.54, 1.807) is 13.0 Å². The summed E-state index contributed by atoms with van der Waals surface area (Å²) < 4.78 is 0. The number of nitrogens with two attached hydrogens (primary N) is 1. The van der Waals surface area contributed by atoms with Crippen LogP contribution in [-0.2, 0) is 11.2 Å². The number of Topliss-reactive ketones (excluding diaryl/α,β-unsaturated/α-hetero) is 1. The van der Waals surface area contributed by atoms with Gasteiger partial charge < -0.3 is 5.73 Å². The average molecular weight is 264 g/mol. The third-order valence-corrected chi connectivity index (χ3v) is 3.35. The van der Waals surface area contributed by atoms with Gasteiger partial charge in [-0.2, -0.15) is 0 Å². The van der Waals surface area contributed by atoms with Crippen LogP contribution < -0.4 is 5.73 Å². The van der Waals surface area contributed by atoms with Gasteiger partial charge in [0.05, 0.1) is 10.7 Å². The van der Waals surface area contributed by atoms with Gasteiger partial charge in [0.15, 0.2) is 0 Å². The number of hydrogen-bond acceptors (Lipinski definition) is 2. The molecule has 0 spiro atoms. The van der Waals surface area contributed by atoms with Crippen LogP contribution in [0.5, 0.6) is 0 Å². The number of ketones is 1. The number of terminal acetylenes is 1. The van der Waals surface area contributed by atoms with Crippen LogP contribution in [0.4, 0.5) is 5.69 Å². The number of benzene rings is 1. The van der Waals surface area contributed by atoms with E-state index >= 15 is 0 Å². The Morgan fingerprint density at radius 1 is 1.56 bits per heavy atom. The van der Waals surface area contributed by atoms with Gasteiger partial charge >= 0.3 is 0 Å². The van der Waals surface area contributed by atoms with Crippen molar-refractivity contribution in [2.24, 2.45) is 5.92 Å². The lowest BCUT2D eigenvalue weighted by Crippen LogP contribution is -2.14. The highest BCUT2D eigenvalue weighted by molar-refractivity contribution is 6.33. The standard InChI is InChI=1S/C15H18ClNO/c1-4-6-13(10(3)18)8-11-7-12(5-2)15(17)14(16)9-11/h2,7,9,13H,4,6,8,17H2,1,3H3/t13-/m1/s1. The number of nitrogen functional groups attached to an aromatic ring is 1. The third kappa shape index (κ3) is 3.51. The first kappa shape index (κ1) is 14.6. The van der Waals surface area contributed by atoms with E-state index in [0.29, 0.717) is 22.7 Å². The second-order valence-corrected chi connectivity index (χ2v) is 4.89. The van der Waals surface area contributed by atoms with E-state index in [4.69, 9.17) is 23.8 Å². The van der Waals surface area contributed by atoms with Crippen LogP contribution in [0.25, 0.3) is 0 Å². The fourth-order valence-electron chi connectivity index (χ4n) is 1.99. The molecule has 1 rings (SSSR count). The summed E-state index contributed by atoms with van der Waals surface area (Å²) in [5.74, 6) is 2.75. The van der Waals surface area contributed by atoms with E-state index in [1.807, 2.05) is 6.07 Å². The summed E-state index contributed by atoms with van der Waals surface area (Å²) in [4.78, 5) is 11.5. The Labute approximate surface area is 114 Å². The lowest BCUT2D eigenvalue weighted by molar-refractivity contribution is -0.120. The molecular weight excluding hydrogens is 246 g/mol. The maximum atomic E-state index is 11.5. The summed E-state index contributed by atoms with van der Waals surface area (Å²) in [5, 5.41) is 0.458. The molecule has 0 aliphatic rings. The molecule has 0 aliphatic heterocycles. The summed E-state index contributed by atoms with van der Waals surface area (Å²) >= 11 is 6.03. The molecule has 0 bridgehead atoms. The van der Waals surface area contributed by atoms with Crippen LogP contribution in [0, 0.1) is 18.3 Å². The highest BCUT2D eigenvalue weighted by Crippen LogP contribution is 2.26. The SMILES string of the molecule is C#Cc1cc(C[C@@H](CCC)C(C)=O)cc(Cl)c1N. The van der Waals surface area contributed by atoms with Crippen molar-refractivity contribution in [3.63, 3.8) is 0 Å². The van der Waals surface area contributed by atoms with Crippen molar-refractivity contribution < 1.29 is 4.79 Å². The van der Waals surface area contributed by atoms with Gasteiger partial charge in [-0.05, 0) is 37.5 Å². The van der Waals surface area contributed by atoms with Gasteiger partial charge in [-0.25, -0.2) is 0 Å². The first-order chi connectivity index (χ1) is 8.49. The molecule has 1 aromatic carbocycles. The zero-order valence-corrected chi connectivity index (χ0v) is 11.6. The fraction of sp³-hybridized carbons (Fsp3) is 0.400. The molecule has 18 heavy (non-hydrogen) atoms. The molecule has 1 atom stereocenters. The van der Waals surface area contributed by atoms with Crippen molar-refractivity contribution in [2.45, 2.75) is 33.1 Å². The highest BCUT2D eigenvalue weighted by Gasteiger charge is 2.15. The van der Waals surface area contributed by atoms with Crippen molar-refractivity contribution in [3.8, 4) is 12.3 Å². The van der Waals surface area contributed by atoms with Crippen LogP contribution in [0.3, 0.4) is 0 Å². The van der Waals surface area contributed by atoms with Crippen LogP contribution in [0.15, 0.2) is 12.1 Å². The number of carbonyl (C=O) groups is 1. The molecule has 0 saturated carbocycles. The fourth-order valence-corrected chi connectivity index (χ4v) is 2.24. The zero-order valence-electron chi connectivity index (χ0n) is 10.8. The Hall–Kier alpha value is -1.46. The number of rotatable bonds is 5. The van der Waals surface area contributed by atoms with Crippen molar-refractivity contribution >= 4 is 23.1 Å². The van der Waals surface area contributed by atoms with E-state index in [0.717, 1.165) is 18.4 Å². The monoisotopic (exact) mass is 263 g/mol. The molecule has 0 fully saturated rings. The van der Waals surface area contributed by atoms with Crippen LogP contribution in [-0.4, -0.2) is 5.78 Å². The molecule has 2 nitrogen and oxygen atoms in total. The summed E-state index contributed by atoms with van der Waals surface area (Å²) in [6, 6.07) is 3.64. The summed E-state index contributed by atoms with van der Waals surface area (Å²) in [6.45, 7) is 3.69. The molecule has 0 saturated heterocycles. The lowest BCUT2D eigenvalue weighted by atomic mass is 9.91. The summed E-state index contributed by atoms with van der Waals surface area (Å²) in [6.07, 6.45) is 7.91. The largest absolute Gasteiger partial charge is 0.397 e. The topological polar surface area (TPSA) is 43.1 Å². The molecule has 0 aromatic heterocycles. The first-order valence-corrected chi connectivity index (χ1v) is 6.42. The molecule has 0 aliphatic carbocycles. The average Bonchev–Trinajstić information content (AvgIpc) is 2.32. The van der Waals surface area contributed by atoms with E-state index in [2.05, 4.69) is 12.8 Å². The summed E-state index contributed by atoms with van der Waals surface area (Å²) in [7, 11) is 0.